The largest absolute Gasteiger partial charge is 0.394 e. The van der Waals surface area contributed by atoms with E-state index in [4.69, 9.17) is 14.9 Å². The third kappa shape index (κ3) is 15.8. The van der Waals surface area contributed by atoms with E-state index in [-0.39, 0.29) is 13.2 Å². The quantitative estimate of drug-likeness (QED) is 0.448. The molecule has 0 rings (SSSR count). The minimum absolute atomic E-state index is 0.210. The van der Waals surface area contributed by atoms with Gasteiger partial charge in [0.05, 0.1) is 13.2 Å². The molecule has 0 fully saturated rings. The molecule has 0 aromatic heterocycles. The van der Waals surface area contributed by atoms with E-state index in [1.807, 2.05) is 0 Å². The maximum absolute atomic E-state index is 9.06. The maximum atomic E-state index is 9.06. The van der Waals surface area contributed by atoms with Gasteiger partial charge in [-0.05, 0) is 6.42 Å². The molecule has 0 aliphatic rings. The molecule has 0 amide bonds. The predicted octanol–water partition coefficient (Wildman–Crippen LogP) is 3.67. The summed E-state index contributed by atoms with van der Waals surface area (Å²) in [6, 6.07) is 0. The van der Waals surface area contributed by atoms with Crippen LogP contribution in [0, 0.1) is 0 Å². The fourth-order valence-corrected chi connectivity index (χ4v) is 2.14. The van der Waals surface area contributed by atoms with Crippen LogP contribution in [-0.2, 0) is 4.74 Å². The number of hydrogen-bond donors (Lipinski definition) is 2. The lowest BCUT2D eigenvalue weighted by molar-refractivity contribution is 0.00526. The van der Waals surface area contributed by atoms with Gasteiger partial charge >= 0.3 is 0 Å². The Hall–Kier alpha value is -0.120. The van der Waals surface area contributed by atoms with E-state index < -0.39 is 6.10 Å². The van der Waals surface area contributed by atoms with Crippen molar-refractivity contribution < 1.29 is 14.9 Å². The number of aliphatic hydroxyl groups excluding tert-OH is 2. The Morgan fingerprint density at radius 1 is 0.789 bits per heavy atom. The van der Waals surface area contributed by atoms with Crippen LogP contribution in [-0.4, -0.2) is 36.1 Å². The van der Waals surface area contributed by atoms with Crippen molar-refractivity contribution in [2.75, 3.05) is 19.8 Å². The van der Waals surface area contributed by atoms with Crippen molar-refractivity contribution in [1.29, 1.82) is 0 Å². The normalized spacial score (nSPS) is 12.8. The molecule has 0 bridgehead atoms. The lowest BCUT2D eigenvalue weighted by atomic mass is 10.1. The average Bonchev–Trinajstić information content (AvgIpc) is 2.43. The minimum atomic E-state index is -0.715. The number of hydrogen-bond acceptors (Lipinski definition) is 3. The first-order chi connectivity index (χ1) is 9.31. The highest BCUT2D eigenvalue weighted by Crippen LogP contribution is 2.11. The van der Waals surface area contributed by atoms with Crippen molar-refractivity contribution in [3.63, 3.8) is 0 Å². The first kappa shape index (κ1) is 18.9. The van der Waals surface area contributed by atoms with Crippen LogP contribution in [0.5, 0.6) is 0 Å². The number of rotatable bonds is 15. The Morgan fingerprint density at radius 2 is 1.26 bits per heavy atom. The Balaban J connectivity index is 2.95. The van der Waals surface area contributed by atoms with Crippen LogP contribution in [0.15, 0.2) is 0 Å². The van der Waals surface area contributed by atoms with E-state index in [1.165, 1.54) is 64.2 Å². The predicted molar refractivity (Wildman–Crippen MR) is 80.4 cm³/mol. The zero-order valence-corrected chi connectivity index (χ0v) is 12.8. The van der Waals surface area contributed by atoms with Gasteiger partial charge in [0.1, 0.15) is 6.10 Å². The SMILES string of the molecule is CCCCCCCCCCCCCOC[C@H](O)CO. The third-order valence-electron chi connectivity index (χ3n) is 3.41. The second-order valence-corrected chi connectivity index (χ2v) is 5.45. The zero-order valence-electron chi connectivity index (χ0n) is 12.8. The summed E-state index contributed by atoms with van der Waals surface area (Å²) in [5.74, 6) is 0. The van der Waals surface area contributed by atoms with Gasteiger partial charge < -0.3 is 14.9 Å². The highest BCUT2D eigenvalue weighted by molar-refractivity contribution is 4.50. The second-order valence-electron chi connectivity index (χ2n) is 5.45. The molecule has 0 radical (unpaired) electrons. The van der Waals surface area contributed by atoms with E-state index >= 15 is 0 Å². The molecule has 0 aromatic rings. The summed E-state index contributed by atoms with van der Waals surface area (Å²) in [7, 11) is 0. The average molecular weight is 274 g/mol. The van der Waals surface area contributed by atoms with Crippen LogP contribution in [0.4, 0.5) is 0 Å². The number of ether oxygens (including phenoxy) is 1. The summed E-state index contributed by atoms with van der Waals surface area (Å²) < 4.78 is 5.26. The lowest BCUT2D eigenvalue weighted by Crippen LogP contribution is -2.19. The summed E-state index contributed by atoms with van der Waals surface area (Å²) in [6.45, 7) is 3.01. The summed E-state index contributed by atoms with van der Waals surface area (Å²) >= 11 is 0. The number of unbranched alkanes of at least 4 members (excludes halogenated alkanes) is 10. The molecule has 0 spiro atoms. The van der Waals surface area contributed by atoms with Crippen LogP contribution in [0.25, 0.3) is 0 Å². The van der Waals surface area contributed by atoms with Crippen molar-refractivity contribution in [3.8, 4) is 0 Å². The molecule has 3 heteroatoms. The highest BCUT2D eigenvalue weighted by Gasteiger charge is 2.00. The van der Waals surface area contributed by atoms with Crippen LogP contribution in [0.3, 0.4) is 0 Å². The summed E-state index contributed by atoms with van der Waals surface area (Å²) in [4.78, 5) is 0. The first-order valence-corrected chi connectivity index (χ1v) is 8.18. The van der Waals surface area contributed by atoms with Gasteiger partial charge in [-0.1, -0.05) is 71.1 Å². The van der Waals surface area contributed by atoms with Crippen molar-refractivity contribution in [1.82, 2.24) is 0 Å². The van der Waals surface area contributed by atoms with Gasteiger partial charge in [-0.2, -0.15) is 0 Å². The molecule has 2 N–H and O–H groups in total. The molecule has 0 aromatic carbocycles. The van der Waals surface area contributed by atoms with Gasteiger partial charge in [-0.25, -0.2) is 0 Å². The van der Waals surface area contributed by atoms with Gasteiger partial charge in [0.2, 0.25) is 0 Å². The van der Waals surface area contributed by atoms with Crippen LogP contribution >= 0.6 is 0 Å². The zero-order chi connectivity index (χ0) is 14.2. The molecule has 1 atom stereocenters. The minimum Gasteiger partial charge on any atom is -0.394 e. The lowest BCUT2D eigenvalue weighted by Gasteiger charge is -2.07. The molecular formula is C16H34O3. The fourth-order valence-electron chi connectivity index (χ4n) is 2.14. The highest BCUT2D eigenvalue weighted by atomic mass is 16.5. The molecule has 0 aliphatic carbocycles. The van der Waals surface area contributed by atoms with Crippen LogP contribution in [0.2, 0.25) is 0 Å². The monoisotopic (exact) mass is 274 g/mol. The molecule has 0 heterocycles. The molecular weight excluding hydrogens is 240 g/mol. The summed E-state index contributed by atoms with van der Waals surface area (Å²) in [5.41, 5.74) is 0. The Kier molecular flexibility index (Phi) is 15.8. The first-order valence-electron chi connectivity index (χ1n) is 8.18. The van der Waals surface area contributed by atoms with Crippen LogP contribution in [0.1, 0.15) is 77.6 Å². The Morgan fingerprint density at radius 3 is 1.74 bits per heavy atom. The van der Waals surface area contributed by atoms with Crippen LogP contribution < -0.4 is 0 Å². The standard InChI is InChI=1S/C16H34O3/c1-2-3-4-5-6-7-8-9-10-11-12-13-19-15-16(18)14-17/h16-18H,2-15H2,1H3/t16-/m1/s1. The van der Waals surface area contributed by atoms with Crippen molar-refractivity contribution in [2.45, 2.75) is 83.7 Å². The molecule has 0 saturated carbocycles. The van der Waals surface area contributed by atoms with Crippen molar-refractivity contribution in [3.05, 3.63) is 0 Å². The third-order valence-corrected chi connectivity index (χ3v) is 3.41. The second kappa shape index (κ2) is 15.9. The molecule has 0 unspecified atom stereocenters. The van der Waals surface area contributed by atoms with E-state index in [0.717, 1.165) is 6.42 Å². The maximum Gasteiger partial charge on any atom is 0.100 e. The molecule has 116 valence electrons. The Bertz CT molecular complexity index is 162. The van der Waals surface area contributed by atoms with Gasteiger partial charge in [-0.3, -0.25) is 0 Å². The molecule has 3 nitrogen and oxygen atoms in total. The smallest absolute Gasteiger partial charge is 0.100 e. The van der Waals surface area contributed by atoms with Gasteiger partial charge in [-0.15, -0.1) is 0 Å². The van der Waals surface area contributed by atoms with E-state index in [2.05, 4.69) is 6.92 Å². The molecule has 0 saturated heterocycles. The van der Waals surface area contributed by atoms with Crippen molar-refractivity contribution in [2.24, 2.45) is 0 Å². The Labute approximate surface area is 119 Å². The number of aliphatic hydroxyl groups is 2. The fraction of sp³-hybridized carbons (Fsp3) is 1.00. The topological polar surface area (TPSA) is 49.7 Å². The summed E-state index contributed by atoms with van der Waals surface area (Å²) in [5, 5.41) is 17.7. The van der Waals surface area contributed by atoms with Crippen molar-refractivity contribution >= 4 is 0 Å². The van der Waals surface area contributed by atoms with E-state index in [1.54, 1.807) is 0 Å². The molecule has 0 aliphatic heterocycles. The van der Waals surface area contributed by atoms with Gasteiger partial charge in [0, 0.05) is 6.61 Å². The van der Waals surface area contributed by atoms with E-state index in [0.29, 0.717) is 6.61 Å². The van der Waals surface area contributed by atoms with Gasteiger partial charge in [0.25, 0.3) is 0 Å². The summed E-state index contributed by atoms with van der Waals surface area (Å²) in [6.07, 6.45) is 13.9. The van der Waals surface area contributed by atoms with E-state index in [9.17, 15) is 0 Å². The molecule has 19 heavy (non-hydrogen) atoms. The van der Waals surface area contributed by atoms with Gasteiger partial charge in [0.15, 0.2) is 0 Å².